The van der Waals surface area contributed by atoms with Crippen LogP contribution in [0.3, 0.4) is 0 Å². The lowest BCUT2D eigenvalue weighted by atomic mass is 10.2. The molecule has 0 aliphatic carbocycles. The van der Waals surface area contributed by atoms with Gasteiger partial charge in [0.15, 0.2) is 5.96 Å². The number of rotatable bonds is 6. The van der Waals surface area contributed by atoms with E-state index >= 15 is 0 Å². The molecule has 1 fully saturated rings. The first-order chi connectivity index (χ1) is 11.4. The third kappa shape index (κ3) is 9.12. The molecule has 10 heteroatoms. The molecule has 142 valence electrons. The number of nitrogens with zero attached hydrogens (tertiary/aromatic N) is 2. The van der Waals surface area contributed by atoms with Crippen molar-refractivity contribution in [3.05, 3.63) is 29.8 Å². The van der Waals surface area contributed by atoms with Gasteiger partial charge >= 0.3 is 6.36 Å². The van der Waals surface area contributed by atoms with Gasteiger partial charge in [0.05, 0.1) is 19.8 Å². The van der Waals surface area contributed by atoms with Crippen molar-refractivity contribution >= 4 is 29.9 Å². The van der Waals surface area contributed by atoms with E-state index in [0.717, 1.165) is 38.4 Å². The number of hydrogen-bond acceptors (Lipinski definition) is 4. The minimum absolute atomic E-state index is 0. The Hall–Kier alpha value is -1.27. The number of nitrogens with two attached hydrogens (primary N) is 1. The number of halogens is 4. The third-order valence-electron chi connectivity index (χ3n) is 3.43. The SMILES string of the molecule is I.NC(=NCc1ccc(OC(F)(F)F)cc1)NCCN1CCOCC1. The van der Waals surface area contributed by atoms with Gasteiger partial charge in [-0.25, -0.2) is 4.99 Å². The zero-order valence-electron chi connectivity index (χ0n) is 13.6. The van der Waals surface area contributed by atoms with Crippen molar-refractivity contribution in [1.82, 2.24) is 10.2 Å². The maximum atomic E-state index is 12.1. The highest BCUT2D eigenvalue weighted by Crippen LogP contribution is 2.22. The van der Waals surface area contributed by atoms with E-state index in [4.69, 9.17) is 10.5 Å². The van der Waals surface area contributed by atoms with Gasteiger partial charge < -0.3 is 20.5 Å². The number of benzene rings is 1. The van der Waals surface area contributed by atoms with E-state index < -0.39 is 6.36 Å². The zero-order chi connectivity index (χ0) is 17.4. The molecule has 1 aliphatic heterocycles. The Bertz CT molecular complexity index is 535. The number of aliphatic imine (C=N–C) groups is 1. The molecule has 6 nitrogen and oxygen atoms in total. The average Bonchev–Trinajstić information content (AvgIpc) is 2.54. The van der Waals surface area contributed by atoms with Gasteiger partial charge in [-0.3, -0.25) is 4.90 Å². The Balaban J connectivity index is 0.00000312. The standard InChI is InChI=1S/C15H21F3N4O2.HI/c16-15(17,18)24-13-3-1-12(2-4-13)11-21-14(19)20-5-6-22-7-9-23-10-8-22;/h1-4H,5-11H2,(H3,19,20,21);1H. The van der Waals surface area contributed by atoms with Crippen molar-refractivity contribution in [2.45, 2.75) is 12.9 Å². The molecule has 1 aliphatic rings. The Morgan fingerprint density at radius 2 is 1.88 bits per heavy atom. The number of hydrogen-bond donors (Lipinski definition) is 2. The van der Waals surface area contributed by atoms with Crippen LogP contribution in [0.1, 0.15) is 5.56 Å². The molecule has 0 bridgehead atoms. The fourth-order valence-electron chi connectivity index (χ4n) is 2.20. The van der Waals surface area contributed by atoms with Gasteiger partial charge in [-0.1, -0.05) is 12.1 Å². The molecule has 0 unspecified atom stereocenters. The van der Waals surface area contributed by atoms with E-state index in [1.54, 1.807) is 0 Å². The first-order valence-corrected chi connectivity index (χ1v) is 7.61. The molecular formula is C15H22F3IN4O2. The summed E-state index contributed by atoms with van der Waals surface area (Å²) in [6.45, 7) is 5.12. The molecule has 0 amide bonds. The molecule has 2 rings (SSSR count). The van der Waals surface area contributed by atoms with Gasteiger partial charge in [0.1, 0.15) is 5.75 Å². The Labute approximate surface area is 161 Å². The summed E-state index contributed by atoms with van der Waals surface area (Å²) in [5.74, 6) is 0.0470. The maximum absolute atomic E-state index is 12.1. The summed E-state index contributed by atoms with van der Waals surface area (Å²) < 4.78 is 45.3. The fourth-order valence-corrected chi connectivity index (χ4v) is 2.20. The van der Waals surface area contributed by atoms with Gasteiger partial charge in [0, 0.05) is 26.2 Å². The van der Waals surface area contributed by atoms with Gasteiger partial charge in [-0.05, 0) is 17.7 Å². The van der Waals surface area contributed by atoms with Crippen molar-refractivity contribution in [3.63, 3.8) is 0 Å². The molecule has 1 heterocycles. The van der Waals surface area contributed by atoms with Gasteiger partial charge in [0.2, 0.25) is 0 Å². The summed E-state index contributed by atoms with van der Waals surface area (Å²) in [5.41, 5.74) is 6.51. The summed E-state index contributed by atoms with van der Waals surface area (Å²) >= 11 is 0. The van der Waals surface area contributed by atoms with E-state index in [1.807, 2.05) is 0 Å². The van der Waals surface area contributed by atoms with E-state index in [-0.39, 0.29) is 36.3 Å². The second kappa shape index (κ2) is 10.7. The highest BCUT2D eigenvalue weighted by Gasteiger charge is 2.30. The Morgan fingerprint density at radius 3 is 2.48 bits per heavy atom. The normalized spacial score (nSPS) is 16.2. The average molecular weight is 474 g/mol. The lowest BCUT2D eigenvalue weighted by Crippen LogP contribution is -2.42. The predicted molar refractivity (Wildman–Crippen MR) is 99.1 cm³/mol. The highest BCUT2D eigenvalue weighted by molar-refractivity contribution is 14.0. The largest absolute Gasteiger partial charge is 0.573 e. The second-order valence-corrected chi connectivity index (χ2v) is 5.27. The first kappa shape index (κ1) is 21.8. The molecule has 0 radical (unpaired) electrons. The molecule has 1 aromatic carbocycles. The smallest absolute Gasteiger partial charge is 0.406 e. The lowest BCUT2D eigenvalue weighted by Gasteiger charge is -2.26. The Kier molecular flexibility index (Phi) is 9.28. The quantitative estimate of drug-likeness (QED) is 0.375. The van der Waals surface area contributed by atoms with Crippen molar-refractivity contribution in [2.24, 2.45) is 10.7 Å². The first-order valence-electron chi connectivity index (χ1n) is 7.61. The monoisotopic (exact) mass is 474 g/mol. The number of nitrogens with one attached hydrogen (secondary N) is 1. The van der Waals surface area contributed by atoms with Crippen LogP contribution in [0.25, 0.3) is 0 Å². The van der Waals surface area contributed by atoms with Crippen LogP contribution < -0.4 is 15.8 Å². The van der Waals surface area contributed by atoms with Gasteiger partial charge in [0.25, 0.3) is 0 Å². The van der Waals surface area contributed by atoms with Crippen LogP contribution in [-0.4, -0.2) is 56.6 Å². The van der Waals surface area contributed by atoms with E-state index in [2.05, 4.69) is 19.9 Å². The summed E-state index contributed by atoms with van der Waals surface area (Å²) in [6.07, 6.45) is -4.69. The predicted octanol–water partition coefficient (Wildman–Crippen LogP) is 1.94. The molecule has 0 atom stereocenters. The number of morpholine rings is 1. The molecule has 0 spiro atoms. The molecule has 0 aromatic heterocycles. The van der Waals surface area contributed by atoms with E-state index in [0.29, 0.717) is 12.5 Å². The summed E-state index contributed by atoms with van der Waals surface area (Å²) in [5, 5.41) is 3.01. The lowest BCUT2D eigenvalue weighted by molar-refractivity contribution is -0.274. The highest BCUT2D eigenvalue weighted by atomic mass is 127. The minimum atomic E-state index is -4.69. The summed E-state index contributed by atoms with van der Waals surface area (Å²) in [7, 11) is 0. The van der Waals surface area contributed by atoms with Crippen LogP contribution in [-0.2, 0) is 11.3 Å². The maximum Gasteiger partial charge on any atom is 0.573 e. The zero-order valence-corrected chi connectivity index (χ0v) is 15.9. The van der Waals surface area contributed by atoms with Crippen molar-refractivity contribution in [3.8, 4) is 5.75 Å². The van der Waals surface area contributed by atoms with Gasteiger partial charge in [-0.15, -0.1) is 37.1 Å². The van der Waals surface area contributed by atoms with Crippen molar-refractivity contribution in [2.75, 3.05) is 39.4 Å². The van der Waals surface area contributed by atoms with Crippen LogP contribution in [0.4, 0.5) is 13.2 Å². The molecule has 3 N–H and O–H groups in total. The molecule has 1 saturated heterocycles. The van der Waals surface area contributed by atoms with E-state index in [9.17, 15) is 13.2 Å². The molecule has 1 aromatic rings. The minimum Gasteiger partial charge on any atom is -0.406 e. The summed E-state index contributed by atoms with van der Waals surface area (Å²) in [4.78, 5) is 6.43. The molecular weight excluding hydrogens is 452 g/mol. The van der Waals surface area contributed by atoms with E-state index in [1.165, 1.54) is 24.3 Å². The topological polar surface area (TPSA) is 72.1 Å². The van der Waals surface area contributed by atoms with Crippen LogP contribution in [0.2, 0.25) is 0 Å². The molecule has 25 heavy (non-hydrogen) atoms. The van der Waals surface area contributed by atoms with Crippen LogP contribution >= 0.6 is 24.0 Å². The van der Waals surface area contributed by atoms with Crippen LogP contribution in [0.5, 0.6) is 5.75 Å². The number of ether oxygens (including phenoxy) is 2. The second-order valence-electron chi connectivity index (χ2n) is 5.27. The Morgan fingerprint density at radius 1 is 1.24 bits per heavy atom. The third-order valence-corrected chi connectivity index (χ3v) is 3.43. The summed E-state index contributed by atoms with van der Waals surface area (Å²) in [6, 6.07) is 5.54. The van der Waals surface area contributed by atoms with Gasteiger partial charge in [-0.2, -0.15) is 0 Å². The van der Waals surface area contributed by atoms with Crippen molar-refractivity contribution in [1.29, 1.82) is 0 Å². The van der Waals surface area contributed by atoms with Crippen LogP contribution in [0.15, 0.2) is 29.3 Å². The number of alkyl halides is 3. The van der Waals surface area contributed by atoms with Crippen molar-refractivity contribution < 1.29 is 22.6 Å². The fraction of sp³-hybridized carbons (Fsp3) is 0.533. The number of guanidine groups is 1. The molecule has 0 saturated carbocycles. The van der Waals surface area contributed by atoms with Crippen LogP contribution in [0, 0.1) is 0 Å².